The summed E-state index contributed by atoms with van der Waals surface area (Å²) in [6.07, 6.45) is -0.717. The minimum Gasteiger partial charge on any atom is -0.449 e. The van der Waals surface area contributed by atoms with Crippen LogP contribution in [0, 0.1) is 11.3 Å². The van der Waals surface area contributed by atoms with E-state index in [4.69, 9.17) is 14.4 Å². The Bertz CT molecular complexity index is 1120. The summed E-state index contributed by atoms with van der Waals surface area (Å²) in [5.41, 5.74) is 0.172. The summed E-state index contributed by atoms with van der Waals surface area (Å²) < 4.78 is 37.3. The van der Waals surface area contributed by atoms with Crippen molar-refractivity contribution >= 4 is 27.3 Å². The number of nitrogens with one attached hydrogen (secondary N) is 1. The first kappa shape index (κ1) is 20.7. The summed E-state index contributed by atoms with van der Waals surface area (Å²) in [6.45, 7) is 1.61. The number of benzene rings is 1. The Labute approximate surface area is 171 Å². The van der Waals surface area contributed by atoms with Gasteiger partial charge in [0, 0.05) is 13.0 Å². The third-order valence-corrected chi connectivity index (χ3v) is 6.07. The quantitative estimate of drug-likeness (QED) is 0.424. The maximum atomic E-state index is 12.3. The SMILES string of the molecule is CC(OC(=O)c1ccc(S(=O)(=O)NCCC#N)cc1)c1nnc(-c2cccs2)o1. The van der Waals surface area contributed by atoms with Crippen molar-refractivity contribution in [3.63, 3.8) is 0 Å². The molecular formula is C18H16N4O5S2. The lowest BCUT2D eigenvalue weighted by molar-refractivity contribution is 0.0280. The molecule has 3 rings (SSSR count). The van der Waals surface area contributed by atoms with E-state index in [9.17, 15) is 13.2 Å². The van der Waals surface area contributed by atoms with Crippen molar-refractivity contribution in [1.82, 2.24) is 14.9 Å². The molecule has 0 spiro atoms. The van der Waals surface area contributed by atoms with Gasteiger partial charge in [-0.1, -0.05) is 6.07 Å². The van der Waals surface area contributed by atoms with Gasteiger partial charge in [-0.05, 0) is 42.6 Å². The van der Waals surface area contributed by atoms with Crippen LogP contribution in [0.3, 0.4) is 0 Å². The van der Waals surface area contributed by atoms with E-state index in [1.807, 2.05) is 23.6 Å². The van der Waals surface area contributed by atoms with E-state index in [0.717, 1.165) is 4.88 Å². The fraction of sp³-hybridized carbons (Fsp3) is 0.222. The molecule has 1 aromatic carbocycles. The number of nitrogens with zero attached hydrogens (tertiary/aromatic N) is 3. The van der Waals surface area contributed by atoms with Crippen LogP contribution in [0.5, 0.6) is 0 Å². The lowest BCUT2D eigenvalue weighted by Crippen LogP contribution is -2.24. The highest BCUT2D eigenvalue weighted by Crippen LogP contribution is 2.26. The van der Waals surface area contributed by atoms with Gasteiger partial charge in [-0.25, -0.2) is 17.9 Å². The minimum absolute atomic E-state index is 0.0117. The van der Waals surface area contributed by atoms with E-state index in [2.05, 4.69) is 14.9 Å². The van der Waals surface area contributed by atoms with Crippen LogP contribution >= 0.6 is 11.3 Å². The second-order valence-corrected chi connectivity index (χ2v) is 8.52. The molecule has 0 aliphatic carbocycles. The highest BCUT2D eigenvalue weighted by atomic mass is 32.2. The lowest BCUT2D eigenvalue weighted by Gasteiger charge is -2.10. The van der Waals surface area contributed by atoms with Crippen LogP contribution in [-0.4, -0.2) is 31.1 Å². The maximum absolute atomic E-state index is 12.3. The van der Waals surface area contributed by atoms with Crippen molar-refractivity contribution in [2.24, 2.45) is 0 Å². The lowest BCUT2D eigenvalue weighted by atomic mass is 10.2. The zero-order valence-electron chi connectivity index (χ0n) is 15.2. The van der Waals surface area contributed by atoms with Crippen molar-refractivity contribution in [3.05, 3.63) is 53.2 Å². The monoisotopic (exact) mass is 432 g/mol. The van der Waals surface area contributed by atoms with Crippen LogP contribution in [0.25, 0.3) is 10.8 Å². The molecule has 0 fully saturated rings. The van der Waals surface area contributed by atoms with E-state index in [1.165, 1.54) is 35.6 Å². The van der Waals surface area contributed by atoms with Gasteiger partial charge in [-0.3, -0.25) is 0 Å². The highest BCUT2D eigenvalue weighted by molar-refractivity contribution is 7.89. The van der Waals surface area contributed by atoms with E-state index in [0.29, 0.717) is 5.89 Å². The predicted molar refractivity (Wildman–Crippen MR) is 103 cm³/mol. The fourth-order valence-electron chi connectivity index (χ4n) is 2.27. The molecule has 11 heteroatoms. The van der Waals surface area contributed by atoms with Crippen molar-refractivity contribution in [2.75, 3.05) is 6.54 Å². The number of thiophene rings is 1. The number of nitriles is 1. The number of hydrogen-bond donors (Lipinski definition) is 1. The van der Waals surface area contributed by atoms with Crippen molar-refractivity contribution in [1.29, 1.82) is 5.26 Å². The molecule has 0 aliphatic heterocycles. The van der Waals surface area contributed by atoms with Crippen molar-refractivity contribution < 1.29 is 22.4 Å². The topological polar surface area (TPSA) is 135 Å². The number of carbonyl (C=O) groups excluding carboxylic acids is 1. The Hall–Kier alpha value is -3.07. The Morgan fingerprint density at radius 2 is 2.07 bits per heavy atom. The molecule has 0 amide bonds. The first-order valence-electron chi connectivity index (χ1n) is 8.45. The van der Waals surface area contributed by atoms with E-state index in [-0.39, 0.29) is 29.3 Å². The largest absolute Gasteiger partial charge is 0.449 e. The average molecular weight is 432 g/mol. The van der Waals surface area contributed by atoms with Gasteiger partial charge in [0.15, 0.2) is 6.10 Å². The number of rotatable bonds is 8. The molecule has 0 radical (unpaired) electrons. The van der Waals surface area contributed by atoms with E-state index in [1.54, 1.807) is 6.92 Å². The first-order valence-corrected chi connectivity index (χ1v) is 10.8. The summed E-state index contributed by atoms with van der Waals surface area (Å²) >= 11 is 1.45. The molecule has 150 valence electrons. The smallest absolute Gasteiger partial charge is 0.338 e. The van der Waals surface area contributed by atoms with Crippen LogP contribution < -0.4 is 4.72 Å². The molecule has 0 aliphatic rings. The van der Waals surface area contributed by atoms with Crippen molar-refractivity contribution in [3.8, 4) is 16.8 Å². The van der Waals surface area contributed by atoms with Crippen LogP contribution in [0.2, 0.25) is 0 Å². The van der Waals surface area contributed by atoms with Crippen LogP contribution in [-0.2, 0) is 14.8 Å². The van der Waals surface area contributed by atoms with Gasteiger partial charge in [-0.15, -0.1) is 21.5 Å². The maximum Gasteiger partial charge on any atom is 0.338 e. The molecule has 2 aromatic heterocycles. The average Bonchev–Trinajstić information content (AvgIpc) is 3.40. The summed E-state index contributed by atoms with van der Waals surface area (Å²) in [5, 5.41) is 18.2. The molecule has 1 atom stereocenters. The Morgan fingerprint density at radius 3 is 2.72 bits per heavy atom. The van der Waals surface area contributed by atoms with E-state index < -0.39 is 22.1 Å². The van der Waals surface area contributed by atoms with E-state index >= 15 is 0 Å². The number of sulfonamides is 1. The number of aromatic nitrogens is 2. The number of esters is 1. The molecule has 9 nitrogen and oxygen atoms in total. The molecule has 1 N–H and O–H groups in total. The van der Waals surface area contributed by atoms with Gasteiger partial charge in [0.05, 0.1) is 21.4 Å². The highest BCUT2D eigenvalue weighted by Gasteiger charge is 2.21. The Kier molecular flexibility index (Phi) is 6.38. The summed E-state index contributed by atoms with van der Waals surface area (Å²) in [5.74, 6) is -0.159. The Morgan fingerprint density at radius 1 is 1.31 bits per heavy atom. The third kappa shape index (κ3) is 5.05. The van der Waals surface area contributed by atoms with Gasteiger partial charge in [0.1, 0.15) is 0 Å². The van der Waals surface area contributed by atoms with Crippen LogP contribution in [0.4, 0.5) is 0 Å². The number of ether oxygens (including phenoxy) is 1. The summed E-state index contributed by atoms with van der Waals surface area (Å²) in [4.78, 5) is 13.1. The third-order valence-electron chi connectivity index (χ3n) is 3.73. The first-order chi connectivity index (χ1) is 13.9. The normalized spacial score (nSPS) is 12.3. The molecular weight excluding hydrogens is 416 g/mol. The fourth-order valence-corrected chi connectivity index (χ4v) is 3.95. The van der Waals surface area contributed by atoms with Gasteiger partial charge < -0.3 is 9.15 Å². The zero-order valence-corrected chi connectivity index (χ0v) is 16.9. The van der Waals surface area contributed by atoms with Crippen LogP contribution in [0.1, 0.15) is 35.7 Å². The summed E-state index contributed by atoms with van der Waals surface area (Å²) in [6, 6.07) is 10.8. The number of hydrogen-bond acceptors (Lipinski definition) is 9. The minimum atomic E-state index is -3.75. The molecule has 0 saturated carbocycles. The van der Waals surface area contributed by atoms with Gasteiger partial charge in [0.25, 0.3) is 11.8 Å². The second kappa shape index (κ2) is 8.95. The van der Waals surface area contributed by atoms with Gasteiger partial charge in [0.2, 0.25) is 10.0 Å². The van der Waals surface area contributed by atoms with Crippen molar-refractivity contribution in [2.45, 2.75) is 24.3 Å². The Balaban J connectivity index is 1.64. The molecule has 0 saturated heterocycles. The number of carbonyl (C=O) groups is 1. The van der Waals surface area contributed by atoms with Gasteiger partial charge >= 0.3 is 5.97 Å². The molecule has 2 heterocycles. The second-order valence-electron chi connectivity index (χ2n) is 5.80. The molecule has 1 unspecified atom stereocenters. The van der Waals surface area contributed by atoms with Gasteiger partial charge in [-0.2, -0.15) is 5.26 Å². The zero-order chi connectivity index (χ0) is 20.9. The standard InChI is InChI=1S/C18H16N4O5S2/c1-12(16-21-22-17(27-16)15-4-2-11-28-15)26-18(23)13-5-7-14(8-6-13)29(24,25)20-10-3-9-19/h2,4-8,11-12,20H,3,10H2,1H3. The molecule has 3 aromatic rings. The van der Waals surface area contributed by atoms with Crippen LogP contribution in [0.15, 0.2) is 51.1 Å². The molecule has 0 bridgehead atoms. The molecule has 29 heavy (non-hydrogen) atoms. The predicted octanol–water partition coefficient (Wildman–Crippen LogP) is 2.91. The summed E-state index contributed by atoms with van der Waals surface area (Å²) in [7, 11) is -3.75.